The number of aromatic nitrogens is 2. The van der Waals surface area contributed by atoms with Gasteiger partial charge in [-0.25, -0.2) is 4.79 Å². The van der Waals surface area contributed by atoms with Crippen LogP contribution in [-0.4, -0.2) is 54.0 Å². The van der Waals surface area contributed by atoms with E-state index in [-0.39, 0.29) is 12.1 Å². The number of benzene rings is 1. The molecule has 0 unspecified atom stereocenters. The van der Waals surface area contributed by atoms with E-state index in [0.717, 1.165) is 38.4 Å². The average molecular weight is 347 g/mol. The van der Waals surface area contributed by atoms with Crippen molar-refractivity contribution in [2.75, 3.05) is 38.2 Å². The van der Waals surface area contributed by atoms with Crippen LogP contribution < -0.4 is 10.6 Å². The third kappa shape index (κ3) is 4.73. The van der Waals surface area contributed by atoms with E-state index in [0.29, 0.717) is 5.13 Å². The molecule has 128 valence electrons. The van der Waals surface area contributed by atoms with Gasteiger partial charge >= 0.3 is 6.03 Å². The number of morpholine rings is 1. The Bertz CT molecular complexity index is 641. The second-order valence-electron chi connectivity index (χ2n) is 5.72. The molecule has 1 saturated heterocycles. The Balaban J connectivity index is 1.68. The Hall–Kier alpha value is -2.03. The molecule has 2 aromatic rings. The Morgan fingerprint density at radius 3 is 2.75 bits per heavy atom. The number of carbonyl (C=O) groups is 1. The topological polar surface area (TPSA) is 79.4 Å². The van der Waals surface area contributed by atoms with Crippen LogP contribution in [-0.2, 0) is 4.74 Å². The number of hydrogen-bond acceptors (Lipinski definition) is 6. The molecule has 1 aromatic heterocycles. The van der Waals surface area contributed by atoms with Crippen molar-refractivity contribution in [3.8, 4) is 0 Å². The van der Waals surface area contributed by atoms with E-state index in [9.17, 15) is 4.79 Å². The third-order valence-corrected chi connectivity index (χ3v) is 4.52. The summed E-state index contributed by atoms with van der Waals surface area (Å²) in [5, 5.41) is 13.8. The van der Waals surface area contributed by atoms with Crippen LogP contribution in [0.1, 0.15) is 17.2 Å². The van der Waals surface area contributed by atoms with Crippen molar-refractivity contribution in [3.05, 3.63) is 40.9 Å². The summed E-state index contributed by atoms with van der Waals surface area (Å²) in [6, 6.07) is 7.87. The zero-order valence-electron chi connectivity index (χ0n) is 13.6. The van der Waals surface area contributed by atoms with Gasteiger partial charge in [0, 0.05) is 19.6 Å². The molecule has 1 atom stereocenters. The molecule has 3 rings (SSSR count). The molecule has 0 radical (unpaired) electrons. The third-order valence-electron chi connectivity index (χ3n) is 3.91. The molecule has 0 saturated carbocycles. The van der Waals surface area contributed by atoms with Crippen LogP contribution in [0.25, 0.3) is 0 Å². The number of ether oxygens (including phenoxy) is 1. The first-order valence-electron chi connectivity index (χ1n) is 7.91. The first kappa shape index (κ1) is 16.8. The predicted octanol–water partition coefficient (Wildman–Crippen LogP) is 2.04. The monoisotopic (exact) mass is 347 g/mol. The molecule has 1 aromatic carbocycles. The maximum absolute atomic E-state index is 12.3. The summed E-state index contributed by atoms with van der Waals surface area (Å²) in [5.41, 5.74) is 3.86. The van der Waals surface area contributed by atoms with Gasteiger partial charge in [-0.1, -0.05) is 41.2 Å². The molecular formula is C16H21N5O2S. The maximum atomic E-state index is 12.3. The normalized spacial score (nSPS) is 16.5. The highest BCUT2D eigenvalue weighted by Crippen LogP contribution is 2.17. The molecule has 2 heterocycles. The van der Waals surface area contributed by atoms with Gasteiger partial charge in [0.2, 0.25) is 5.13 Å². The van der Waals surface area contributed by atoms with Crippen LogP contribution in [0.2, 0.25) is 0 Å². The zero-order chi connectivity index (χ0) is 16.8. The fraction of sp³-hybridized carbons (Fsp3) is 0.438. The number of urea groups is 1. The molecule has 7 nitrogen and oxygen atoms in total. The van der Waals surface area contributed by atoms with Crippen molar-refractivity contribution in [1.29, 1.82) is 0 Å². The molecule has 24 heavy (non-hydrogen) atoms. The number of rotatable bonds is 5. The van der Waals surface area contributed by atoms with Crippen molar-refractivity contribution in [2.24, 2.45) is 0 Å². The van der Waals surface area contributed by atoms with Gasteiger partial charge in [0.25, 0.3) is 0 Å². The maximum Gasteiger partial charge on any atom is 0.321 e. The fourth-order valence-corrected chi connectivity index (χ4v) is 3.03. The van der Waals surface area contributed by atoms with Crippen molar-refractivity contribution in [2.45, 2.75) is 13.0 Å². The lowest BCUT2D eigenvalue weighted by Gasteiger charge is -2.31. The van der Waals surface area contributed by atoms with Gasteiger partial charge in [0.05, 0.1) is 19.3 Å². The summed E-state index contributed by atoms with van der Waals surface area (Å²) < 4.78 is 5.40. The number of amides is 2. The van der Waals surface area contributed by atoms with Crippen molar-refractivity contribution < 1.29 is 9.53 Å². The molecular weight excluding hydrogens is 326 g/mol. The lowest BCUT2D eigenvalue weighted by atomic mass is 10.0. The van der Waals surface area contributed by atoms with Gasteiger partial charge in [0.15, 0.2) is 0 Å². The van der Waals surface area contributed by atoms with Crippen LogP contribution in [0.4, 0.5) is 9.93 Å². The minimum absolute atomic E-state index is 0.100. The minimum Gasteiger partial charge on any atom is -0.379 e. The van der Waals surface area contributed by atoms with E-state index in [1.807, 2.05) is 0 Å². The molecule has 1 aliphatic rings. The molecule has 1 aliphatic heterocycles. The SMILES string of the molecule is Cc1ccc([C@H](CN2CCOCC2)NC(=O)Nc2nncs2)cc1. The first-order valence-corrected chi connectivity index (χ1v) is 8.79. The molecule has 2 amide bonds. The highest BCUT2D eigenvalue weighted by Gasteiger charge is 2.20. The average Bonchev–Trinajstić information content (AvgIpc) is 3.09. The minimum atomic E-state index is -0.273. The second kappa shape index (κ2) is 8.18. The second-order valence-corrected chi connectivity index (χ2v) is 6.55. The number of nitrogens with one attached hydrogen (secondary N) is 2. The van der Waals surface area contributed by atoms with E-state index < -0.39 is 0 Å². The van der Waals surface area contributed by atoms with Crippen LogP contribution in [0.5, 0.6) is 0 Å². The van der Waals surface area contributed by atoms with Gasteiger partial charge in [-0.15, -0.1) is 10.2 Å². The van der Waals surface area contributed by atoms with Crippen molar-refractivity contribution in [1.82, 2.24) is 20.4 Å². The lowest BCUT2D eigenvalue weighted by Crippen LogP contribution is -2.44. The molecule has 8 heteroatoms. The van der Waals surface area contributed by atoms with Gasteiger partial charge in [-0.3, -0.25) is 10.2 Å². The molecule has 0 bridgehead atoms. The van der Waals surface area contributed by atoms with Crippen LogP contribution in [0.15, 0.2) is 29.8 Å². The molecule has 0 aliphatic carbocycles. The summed E-state index contributed by atoms with van der Waals surface area (Å²) >= 11 is 1.29. The summed E-state index contributed by atoms with van der Waals surface area (Å²) in [5.74, 6) is 0. The van der Waals surface area contributed by atoms with Crippen LogP contribution >= 0.6 is 11.3 Å². The quantitative estimate of drug-likeness (QED) is 0.865. The number of aryl methyl sites for hydroxylation is 1. The van der Waals surface area contributed by atoms with E-state index in [1.54, 1.807) is 5.51 Å². The Morgan fingerprint density at radius 2 is 2.08 bits per heavy atom. The lowest BCUT2D eigenvalue weighted by molar-refractivity contribution is 0.0340. The smallest absolute Gasteiger partial charge is 0.321 e. The number of nitrogens with zero attached hydrogens (tertiary/aromatic N) is 3. The molecule has 1 fully saturated rings. The van der Waals surface area contributed by atoms with Crippen LogP contribution in [0, 0.1) is 6.92 Å². The van der Waals surface area contributed by atoms with E-state index in [4.69, 9.17) is 4.74 Å². The van der Waals surface area contributed by atoms with Gasteiger partial charge < -0.3 is 10.1 Å². The largest absolute Gasteiger partial charge is 0.379 e. The summed E-state index contributed by atoms with van der Waals surface area (Å²) in [6.45, 7) is 6.02. The van der Waals surface area contributed by atoms with Gasteiger partial charge in [-0.05, 0) is 12.5 Å². The number of hydrogen-bond donors (Lipinski definition) is 2. The highest BCUT2D eigenvalue weighted by atomic mass is 32.1. The summed E-state index contributed by atoms with van der Waals surface area (Å²) in [6.07, 6.45) is 0. The first-order chi connectivity index (χ1) is 11.7. The Labute approximate surface area is 145 Å². The number of carbonyl (C=O) groups excluding carboxylic acids is 1. The highest BCUT2D eigenvalue weighted by molar-refractivity contribution is 7.13. The Kier molecular flexibility index (Phi) is 5.73. The van der Waals surface area contributed by atoms with E-state index in [2.05, 4.69) is 56.9 Å². The summed E-state index contributed by atoms with van der Waals surface area (Å²) in [7, 11) is 0. The van der Waals surface area contributed by atoms with E-state index in [1.165, 1.54) is 16.9 Å². The summed E-state index contributed by atoms with van der Waals surface area (Å²) in [4.78, 5) is 14.6. The number of anilines is 1. The van der Waals surface area contributed by atoms with Crippen molar-refractivity contribution >= 4 is 22.5 Å². The Morgan fingerprint density at radius 1 is 1.33 bits per heavy atom. The van der Waals surface area contributed by atoms with E-state index >= 15 is 0 Å². The zero-order valence-corrected chi connectivity index (χ0v) is 14.4. The fourth-order valence-electron chi connectivity index (χ4n) is 2.59. The van der Waals surface area contributed by atoms with Gasteiger partial charge in [-0.2, -0.15) is 0 Å². The van der Waals surface area contributed by atoms with Crippen molar-refractivity contribution in [3.63, 3.8) is 0 Å². The van der Waals surface area contributed by atoms with Gasteiger partial charge in [0.1, 0.15) is 5.51 Å². The predicted molar refractivity (Wildman–Crippen MR) is 93.2 cm³/mol. The molecule has 0 spiro atoms. The van der Waals surface area contributed by atoms with Crippen LogP contribution in [0.3, 0.4) is 0 Å². The standard InChI is InChI=1S/C16H21N5O2S/c1-12-2-4-13(5-3-12)14(10-21-6-8-23-9-7-21)18-15(22)19-16-20-17-11-24-16/h2-5,11,14H,6-10H2,1H3,(H2,18,19,20,22)/t14-/m0/s1. The molecule has 2 N–H and O–H groups in total.